The van der Waals surface area contributed by atoms with E-state index in [4.69, 9.17) is 4.74 Å². The molecule has 2 atom stereocenters. The Morgan fingerprint density at radius 1 is 1.21 bits per heavy atom. The van der Waals surface area contributed by atoms with Crippen LogP contribution in [-0.2, 0) is 9.53 Å². The van der Waals surface area contributed by atoms with Gasteiger partial charge in [0.2, 0.25) is 5.91 Å². The fourth-order valence-corrected chi connectivity index (χ4v) is 4.21. The first-order valence-corrected chi connectivity index (χ1v) is 10.2. The molecule has 1 aromatic rings. The third kappa shape index (κ3) is 4.02. The monoisotopic (exact) mass is 400 g/mol. The molecule has 3 amide bonds. The first-order valence-electron chi connectivity index (χ1n) is 10.2. The van der Waals surface area contributed by atoms with Crippen molar-refractivity contribution < 1.29 is 19.1 Å². The van der Waals surface area contributed by atoms with Crippen molar-refractivity contribution in [2.24, 2.45) is 0 Å². The molecule has 2 unspecified atom stereocenters. The van der Waals surface area contributed by atoms with Gasteiger partial charge in [-0.1, -0.05) is 0 Å². The zero-order valence-electron chi connectivity index (χ0n) is 17.2. The third-order valence-corrected chi connectivity index (χ3v) is 5.56. The van der Waals surface area contributed by atoms with Crippen molar-refractivity contribution in [2.45, 2.75) is 57.7 Å². The summed E-state index contributed by atoms with van der Waals surface area (Å²) in [7, 11) is 0. The van der Waals surface area contributed by atoms with Crippen LogP contribution in [0.2, 0.25) is 0 Å². The van der Waals surface area contributed by atoms with E-state index < -0.39 is 5.60 Å². The molecule has 3 aliphatic rings. The predicted octanol–water partition coefficient (Wildman–Crippen LogP) is 2.35. The van der Waals surface area contributed by atoms with Crippen LogP contribution in [0.3, 0.4) is 0 Å². The van der Waals surface area contributed by atoms with Gasteiger partial charge in [0.05, 0.1) is 11.4 Å². The van der Waals surface area contributed by atoms with E-state index >= 15 is 0 Å². The number of likely N-dealkylation sites (tertiary alicyclic amines) is 1. The van der Waals surface area contributed by atoms with E-state index in [1.807, 2.05) is 26.8 Å². The van der Waals surface area contributed by atoms with Crippen molar-refractivity contribution in [1.29, 1.82) is 0 Å². The van der Waals surface area contributed by atoms with Crippen LogP contribution in [0.5, 0.6) is 0 Å². The van der Waals surface area contributed by atoms with Gasteiger partial charge < -0.3 is 25.2 Å². The second-order valence-corrected chi connectivity index (χ2v) is 8.96. The number of anilines is 2. The lowest BCUT2D eigenvalue weighted by molar-refractivity contribution is -0.117. The molecule has 0 spiro atoms. The van der Waals surface area contributed by atoms with Gasteiger partial charge in [-0.3, -0.25) is 9.59 Å². The molecule has 0 radical (unpaired) electrons. The SMILES string of the molecule is CC(C)(C)OC(=O)N1CCC(NC(=O)c2ccc3c(c2)NC(=O)C2CCCN32)C1. The lowest BCUT2D eigenvalue weighted by atomic mass is 10.1. The number of rotatable bonds is 2. The number of fused-ring (bicyclic) bond motifs is 3. The van der Waals surface area contributed by atoms with Gasteiger partial charge >= 0.3 is 6.09 Å². The van der Waals surface area contributed by atoms with Gasteiger partial charge in [-0.2, -0.15) is 0 Å². The van der Waals surface area contributed by atoms with Crippen molar-refractivity contribution in [3.8, 4) is 0 Å². The number of ether oxygens (including phenoxy) is 1. The Balaban J connectivity index is 1.39. The number of benzene rings is 1. The van der Waals surface area contributed by atoms with Crippen LogP contribution in [0, 0.1) is 0 Å². The van der Waals surface area contributed by atoms with Gasteiger partial charge in [0, 0.05) is 31.2 Å². The standard InChI is InChI=1S/C21H28N4O4/c1-21(2,3)29-20(28)24-10-8-14(12-24)22-18(26)13-6-7-16-15(11-13)23-19(27)17-5-4-9-25(16)17/h6-7,11,14,17H,4-5,8-10,12H2,1-3H3,(H,22,26)(H,23,27). The number of hydrogen-bond donors (Lipinski definition) is 2. The minimum absolute atomic E-state index is 0.00338. The van der Waals surface area contributed by atoms with Crippen molar-refractivity contribution in [1.82, 2.24) is 10.2 Å². The summed E-state index contributed by atoms with van der Waals surface area (Å²) in [5.41, 5.74) is 1.61. The van der Waals surface area contributed by atoms with E-state index in [1.165, 1.54) is 0 Å². The molecule has 2 saturated heterocycles. The average Bonchev–Trinajstić information content (AvgIpc) is 3.29. The van der Waals surface area contributed by atoms with Gasteiger partial charge in [-0.05, 0) is 58.2 Å². The first-order chi connectivity index (χ1) is 13.7. The van der Waals surface area contributed by atoms with Crippen LogP contribution in [0.4, 0.5) is 16.2 Å². The molecule has 3 aliphatic heterocycles. The highest BCUT2D eigenvalue weighted by Crippen LogP contribution is 2.37. The van der Waals surface area contributed by atoms with E-state index in [1.54, 1.807) is 17.0 Å². The van der Waals surface area contributed by atoms with Crippen LogP contribution in [0.15, 0.2) is 18.2 Å². The number of carbonyl (C=O) groups is 3. The molecule has 8 nitrogen and oxygen atoms in total. The predicted molar refractivity (Wildman–Crippen MR) is 109 cm³/mol. The summed E-state index contributed by atoms with van der Waals surface area (Å²) in [5, 5.41) is 5.93. The maximum atomic E-state index is 12.7. The van der Waals surface area contributed by atoms with Gasteiger partial charge in [-0.15, -0.1) is 0 Å². The molecule has 156 valence electrons. The summed E-state index contributed by atoms with van der Waals surface area (Å²) in [5.74, 6) is -0.210. The largest absolute Gasteiger partial charge is 0.444 e. The molecule has 3 heterocycles. The second kappa shape index (κ2) is 7.24. The lowest BCUT2D eigenvalue weighted by Crippen LogP contribution is -2.44. The van der Waals surface area contributed by atoms with Crippen molar-refractivity contribution in [3.05, 3.63) is 23.8 Å². The fraction of sp³-hybridized carbons (Fsp3) is 0.571. The van der Waals surface area contributed by atoms with E-state index in [9.17, 15) is 14.4 Å². The second-order valence-electron chi connectivity index (χ2n) is 8.96. The number of carbonyl (C=O) groups excluding carboxylic acids is 3. The summed E-state index contributed by atoms with van der Waals surface area (Å²) in [6.07, 6.45) is 2.19. The molecule has 0 aromatic heterocycles. The molecular weight excluding hydrogens is 372 g/mol. The highest BCUT2D eigenvalue weighted by Gasteiger charge is 2.36. The smallest absolute Gasteiger partial charge is 0.410 e. The average molecular weight is 400 g/mol. The Kier molecular flexibility index (Phi) is 4.88. The first kappa shape index (κ1) is 19.5. The molecular formula is C21H28N4O4. The molecule has 1 aromatic carbocycles. The van der Waals surface area contributed by atoms with Crippen LogP contribution in [0.25, 0.3) is 0 Å². The minimum atomic E-state index is -0.541. The zero-order chi connectivity index (χ0) is 20.8. The van der Waals surface area contributed by atoms with Gasteiger partial charge in [0.1, 0.15) is 11.6 Å². The molecule has 0 saturated carbocycles. The Labute approximate surface area is 170 Å². The maximum Gasteiger partial charge on any atom is 0.410 e. The van der Waals surface area contributed by atoms with E-state index in [0.29, 0.717) is 30.8 Å². The van der Waals surface area contributed by atoms with Crippen LogP contribution in [0.1, 0.15) is 50.4 Å². The fourth-order valence-electron chi connectivity index (χ4n) is 4.21. The molecule has 4 rings (SSSR count). The highest BCUT2D eigenvalue weighted by molar-refractivity contribution is 6.06. The molecule has 2 fully saturated rings. The van der Waals surface area contributed by atoms with E-state index in [-0.39, 0.29) is 30.0 Å². The number of nitrogens with one attached hydrogen (secondary N) is 2. The topological polar surface area (TPSA) is 91.0 Å². The molecule has 8 heteroatoms. The highest BCUT2D eigenvalue weighted by atomic mass is 16.6. The van der Waals surface area contributed by atoms with Gasteiger partial charge in [-0.25, -0.2) is 4.79 Å². The van der Waals surface area contributed by atoms with Crippen molar-refractivity contribution in [3.63, 3.8) is 0 Å². The summed E-state index contributed by atoms with van der Waals surface area (Å²) >= 11 is 0. The molecule has 0 aliphatic carbocycles. The van der Waals surface area contributed by atoms with Gasteiger partial charge in [0.15, 0.2) is 0 Å². The quantitative estimate of drug-likeness (QED) is 0.795. The molecule has 0 bridgehead atoms. The number of nitrogens with zero attached hydrogens (tertiary/aromatic N) is 2. The van der Waals surface area contributed by atoms with Crippen LogP contribution >= 0.6 is 0 Å². The normalized spacial score (nSPS) is 23.3. The van der Waals surface area contributed by atoms with Crippen LogP contribution < -0.4 is 15.5 Å². The molecule has 29 heavy (non-hydrogen) atoms. The maximum absolute atomic E-state index is 12.7. The Bertz CT molecular complexity index is 848. The summed E-state index contributed by atoms with van der Waals surface area (Å²) in [6.45, 7) is 7.34. The van der Waals surface area contributed by atoms with Gasteiger partial charge in [0.25, 0.3) is 5.91 Å². The van der Waals surface area contributed by atoms with E-state index in [2.05, 4.69) is 15.5 Å². The zero-order valence-corrected chi connectivity index (χ0v) is 17.2. The number of amides is 3. The Morgan fingerprint density at radius 2 is 2.00 bits per heavy atom. The summed E-state index contributed by atoms with van der Waals surface area (Å²) in [4.78, 5) is 41.0. The molecule has 2 N–H and O–H groups in total. The summed E-state index contributed by atoms with van der Waals surface area (Å²) < 4.78 is 5.40. The number of hydrogen-bond acceptors (Lipinski definition) is 5. The Morgan fingerprint density at radius 3 is 2.76 bits per heavy atom. The van der Waals surface area contributed by atoms with Crippen LogP contribution in [-0.4, -0.2) is 60.1 Å². The summed E-state index contributed by atoms with van der Waals surface area (Å²) in [6, 6.07) is 5.21. The minimum Gasteiger partial charge on any atom is -0.444 e. The van der Waals surface area contributed by atoms with Crippen molar-refractivity contribution >= 4 is 29.3 Å². The Hall–Kier alpha value is -2.77. The third-order valence-electron chi connectivity index (χ3n) is 5.56. The lowest BCUT2D eigenvalue weighted by Gasteiger charge is -2.33. The van der Waals surface area contributed by atoms with E-state index in [0.717, 1.165) is 25.1 Å². The van der Waals surface area contributed by atoms with Crippen molar-refractivity contribution in [2.75, 3.05) is 29.9 Å².